The van der Waals surface area contributed by atoms with E-state index in [4.69, 9.17) is 9.97 Å². The normalized spacial score (nSPS) is 12.9. The fourth-order valence-corrected chi connectivity index (χ4v) is 7.10. The number of nitrogens with zero attached hydrogens (tertiary/aromatic N) is 3. The van der Waals surface area contributed by atoms with Crippen LogP contribution in [0.3, 0.4) is 0 Å². The molecule has 6 aromatic carbocycles. The van der Waals surface area contributed by atoms with Crippen LogP contribution in [0.25, 0.3) is 77.5 Å². The van der Waals surface area contributed by atoms with Crippen LogP contribution in [0.1, 0.15) is 24.2 Å². The SMILES string of the molecule is C1=C(c2nc(-c3ccc(-c4cncc5ccccc45)cc3)cc(-c3cccc(-c4ccccc4)c3)n2)CCC(c2cccc3ccccc23)=C1. The molecule has 9 rings (SSSR count). The second-order valence-corrected chi connectivity index (χ2v) is 12.8. The van der Waals surface area contributed by atoms with Gasteiger partial charge in [0, 0.05) is 34.5 Å². The molecule has 0 saturated heterocycles. The summed E-state index contributed by atoms with van der Waals surface area (Å²) >= 11 is 0. The molecule has 8 aromatic rings. The van der Waals surface area contributed by atoms with Crippen molar-refractivity contribution in [3.05, 3.63) is 188 Å². The fraction of sp³-hybridized carbons (Fsp3) is 0.0426. The molecule has 0 bridgehead atoms. The molecule has 0 amide bonds. The van der Waals surface area contributed by atoms with Crippen LogP contribution < -0.4 is 0 Å². The first-order chi connectivity index (χ1) is 24.8. The Labute approximate surface area is 292 Å². The third-order valence-corrected chi connectivity index (χ3v) is 9.72. The molecule has 0 atom stereocenters. The molecule has 50 heavy (non-hydrogen) atoms. The molecule has 0 fully saturated rings. The molecular weight excluding hydrogens is 607 g/mol. The van der Waals surface area contributed by atoms with E-state index < -0.39 is 0 Å². The summed E-state index contributed by atoms with van der Waals surface area (Å²) in [4.78, 5) is 14.9. The van der Waals surface area contributed by atoms with Gasteiger partial charge in [-0.25, -0.2) is 9.97 Å². The van der Waals surface area contributed by atoms with E-state index in [-0.39, 0.29) is 0 Å². The number of rotatable bonds is 6. The minimum Gasteiger partial charge on any atom is -0.263 e. The summed E-state index contributed by atoms with van der Waals surface area (Å²) in [5.41, 5.74) is 12.3. The summed E-state index contributed by atoms with van der Waals surface area (Å²) in [7, 11) is 0. The first-order valence-electron chi connectivity index (χ1n) is 17.1. The lowest BCUT2D eigenvalue weighted by Crippen LogP contribution is -2.02. The number of allylic oxidation sites excluding steroid dienone is 4. The lowest BCUT2D eigenvalue weighted by Gasteiger charge is -2.17. The van der Waals surface area contributed by atoms with E-state index in [1.54, 1.807) is 0 Å². The van der Waals surface area contributed by atoms with Crippen molar-refractivity contribution in [2.24, 2.45) is 0 Å². The maximum atomic E-state index is 5.22. The number of benzene rings is 6. The van der Waals surface area contributed by atoms with Crippen molar-refractivity contribution in [1.82, 2.24) is 15.0 Å². The highest BCUT2D eigenvalue weighted by molar-refractivity contribution is 5.97. The maximum absolute atomic E-state index is 5.22. The number of pyridine rings is 1. The Morgan fingerprint density at radius 1 is 0.380 bits per heavy atom. The Morgan fingerprint density at radius 2 is 0.980 bits per heavy atom. The van der Waals surface area contributed by atoms with E-state index in [1.165, 1.54) is 32.9 Å². The van der Waals surface area contributed by atoms with Gasteiger partial charge in [0.25, 0.3) is 0 Å². The van der Waals surface area contributed by atoms with E-state index in [2.05, 4.69) is 169 Å². The van der Waals surface area contributed by atoms with Gasteiger partial charge in [-0.3, -0.25) is 4.98 Å². The second-order valence-electron chi connectivity index (χ2n) is 12.8. The molecule has 2 heterocycles. The van der Waals surface area contributed by atoms with Crippen molar-refractivity contribution in [2.75, 3.05) is 0 Å². The lowest BCUT2D eigenvalue weighted by atomic mass is 9.90. The molecule has 0 aliphatic heterocycles. The van der Waals surface area contributed by atoms with Crippen LogP contribution in [0.2, 0.25) is 0 Å². The first kappa shape index (κ1) is 29.7. The van der Waals surface area contributed by atoms with E-state index in [0.717, 1.165) is 68.8 Å². The molecule has 3 heteroatoms. The van der Waals surface area contributed by atoms with Crippen molar-refractivity contribution in [2.45, 2.75) is 12.8 Å². The Kier molecular flexibility index (Phi) is 7.64. The molecule has 0 N–H and O–H groups in total. The van der Waals surface area contributed by atoms with Crippen LogP contribution in [-0.2, 0) is 0 Å². The van der Waals surface area contributed by atoms with Gasteiger partial charge in [-0.1, -0.05) is 152 Å². The summed E-state index contributed by atoms with van der Waals surface area (Å²) in [6, 6.07) is 53.6. The molecule has 1 aliphatic rings. The minimum absolute atomic E-state index is 0.776. The lowest BCUT2D eigenvalue weighted by molar-refractivity contribution is 1.02. The average molecular weight is 640 g/mol. The second kappa shape index (κ2) is 12.9. The standard InChI is InChI=1S/C47H33N3/c1-2-10-32(11-3-1)38-15-8-16-39(28-38)46-29-45(36-24-20-35(21-25-36)44-31-48-30-40-13-5-7-18-43(40)44)49-47(50-46)37-26-22-34(23-27-37)42-19-9-14-33-12-4-6-17-41(33)42/h1-22,24-26,28-31H,23,27H2. The number of hydrogen-bond donors (Lipinski definition) is 0. The smallest absolute Gasteiger partial charge is 0.156 e. The predicted molar refractivity (Wildman–Crippen MR) is 208 cm³/mol. The van der Waals surface area contributed by atoms with Crippen molar-refractivity contribution in [1.29, 1.82) is 0 Å². The number of fused-ring (bicyclic) bond motifs is 2. The van der Waals surface area contributed by atoms with Gasteiger partial charge in [0.15, 0.2) is 5.82 Å². The van der Waals surface area contributed by atoms with Gasteiger partial charge in [-0.2, -0.15) is 0 Å². The highest BCUT2D eigenvalue weighted by Gasteiger charge is 2.17. The molecule has 0 spiro atoms. The van der Waals surface area contributed by atoms with Crippen molar-refractivity contribution in [3.63, 3.8) is 0 Å². The fourth-order valence-electron chi connectivity index (χ4n) is 7.10. The minimum atomic E-state index is 0.776. The van der Waals surface area contributed by atoms with Crippen LogP contribution in [-0.4, -0.2) is 15.0 Å². The molecule has 3 nitrogen and oxygen atoms in total. The van der Waals surface area contributed by atoms with E-state index in [1.807, 2.05) is 12.4 Å². The van der Waals surface area contributed by atoms with Crippen molar-refractivity contribution >= 4 is 32.7 Å². The van der Waals surface area contributed by atoms with Crippen LogP contribution in [0, 0.1) is 0 Å². The maximum Gasteiger partial charge on any atom is 0.156 e. The summed E-state index contributed by atoms with van der Waals surface area (Å²) in [5.74, 6) is 0.776. The zero-order valence-electron chi connectivity index (χ0n) is 27.5. The Morgan fingerprint density at radius 3 is 1.78 bits per heavy atom. The molecule has 1 aliphatic carbocycles. The predicted octanol–water partition coefficient (Wildman–Crippen LogP) is 12.1. The Hall–Kier alpha value is -6.45. The van der Waals surface area contributed by atoms with Gasteiger partial charge < -0.3 is 0 Å². The van der Waals surface area contributed by atoms with Crippen LogP contribution in [0.5, 0.6) is 0 Å². The summed E-state index contributed by atoms with van der Waals surface area (Å²) in [5, 5.41) is 4.89. The quantitative estimate of drug-likeness (QED) is 0.182. The zero-order valence-corrected chi connectivity index (χ0v) is 27.5. The molecule has 2 aromatic heterocycles. The van der Waals surface area contributed by atoms with Gasteiger partial charge in [-0.05, 0) is 74.5 Å². The van der Waals surface area contributed by atoms with Gasteiger partial charge in [-0.15, -0.1) is 0 Å². The van der Waals surface area contributed by atoms with E-state index in [9.17, 15) is 0 Å². The summed E-state index contributed by atoms with van der Waals surface area (Å²) in [6.07, 6.45) is 10.2. The average Bonchev–Trinajstić information content (AvgIpc) is 3.21. The number of aromatic nitrogens is 3. The molecule has 0 saturated carbocycles. The third-order valence-electron chi connectivity index (χ3n) is 9.72. The highest BCUT2D eigenvalue weighted by atomic mass is 14.9. The largest absolute Gasteiger partial charge is 0.263 e. The molecule has 0 radical (unpaired) electrons. The topological polar surface area (TPSA) is 38.7 Å². The number of hydrogen-bond acceptors (Lipinski definition) is 3. The summed E-state index contributed by atoms with van der Waals surface area (Å²) < 4.78 is 0. The first-order valence-corrected chi connectivity index (χ1v) is 17.1. The highest BCUT2D eigenvalue weighted by Crippen LogP contribution is 2.36. The Balaban J connectivity index is 1.13. The van der Waals surface area contributed by atoms with Crippen LogP contribution in [0.4, 0.5) is 0 Å². The van der Waals surface area contributed by atoms with E-state index in [0.29, 0.717) is 0 Å². The molecule has 236 valence electrons. The van der Waals surface area contributed by atoms with Crippen molar-refractivity contribution in [3.8, 4) is 44.8 Å². The molecular formula is C47H33N3. The van der Waals surface area contributed by atoms with Crippen LogP contribution in [0.15, 0.2) is 176 Å². The van der Waals surface area contributed by atoms with Gasteiger partial charge in [0.1, 0.15) is 0 Å². The van der Waals surface area contributed by atoms with Gasteiger partial charge >= 0.3 is 0 Å². The molecule has 0 unspecified atom stereocenters. The Bertz CT molecular complexity index is 2570. The summed E-state index contributed by atoms with van der Waals surface area (Å²) in [6.45, 7) is 0. The van der Waals surface area contributed by atoms with Gasteiger partial charge in [0.2, 0.25) is 0 Å². The van der Waals surface area contributed by atoms with E-state index >= 15 is 0 Å². The van der Waals surface area contributed by atoms with Crippen molar-refractivity contribution < 1.29 is 0 Å². The zero-order chi connectivity index (χ0) is 33.3. The monoisotopic (exact) mass is 639 g/mol. The van der Waals surface area contributed by atoms with Gasteiger partial charge in [0.05, 0.1) is 11.4 Å². The third kappa shape index (κ3) is 5.69. The van der Waals surface area contributed by atoms with Crippen LogP contribution >= 0.6 is 0 Å².